The van der Waals surface area contributed by atoms with E-state index in [0.29, 0.717) is 23.1 Å². The number of nitrogens with zero attached hydrogens (tertiary/aromatic N) is 3. The summed E-state index contributed by atoms with van der Waals surface area (Å²) < 4.78 is 0. The molecule has 7 heteroatoms. The molecule has 0 aliphatic rings. The molecule has 0 saturated carbocycles. The normalized spacial score (nSPS) is 10.1. The molecular weight excluding hydrogens is 256 g/mol. The second-order valence-corrected chi connectivity index (χ2v) is 3.85. The predicted octanol–water partition coefficient (Wildman–Crippen LogP) is 2.65. The van der Waals surface area contributed by atoms with Crippen molar-refractivity contribution in [3.05, 3.63) is 57.5 Å². The lowest BCUT2D eigenvalue weighted by molar-refractivity contribution is -0.385. The molecule has 1 heterocycles. The van der Waals surface area contributed by atoms with Crippen LogP contribution in [0.4, 0.5) is 11.5 Å². The number of hydrogen-bond donors (Lipinski definition) is 1. The van der Waals surface area contributed by atoms with E-state index in [2.05, 4.69) is 15.3 Å². The maximum Gasteiger partial charge on any atom is 0.274 e. The number of nitro benzene ring substituents is 1. The van der Waals surface area contributed by atoms with E-state index in [0.717, 1.165) is 0 Å². The highest BCUT2D eigenvalue weighted by molar-refractivity contribution is 6.29. The Morgan fingerprint density at radius 1 is 1.33 bits per heavy atom. The van der Waals surface area contributed by atoms with E-state index < -0.39 is 4.92 Å². The van der Waals surface area contributed by atoms with Crippen molar-refractivity contribution in [3.63, 3.8) is 0 Å². The number of aromatic nitrogens is 2. The molecule has 0 aliphatic carbocycles. The van der Waals surface area contributed by atoms with Crippen LogP contribution in [0, 0.1) is 10.1 Å². The van der Waals surface area contributed by atoms with E-state index in [4.69, 9.17) is 11.6 Å². The first-order chi connectivity index (χ1) is 8.66. The van der Waals surface area contributed by atoms with Gasteiger partial charge < -0.3 is 5.32 Å². The highest BCUT2D eigenvalue weighted by Gasteiger charge is 2.11. The highest BCUT2D eigenvalue weighted by atomic mass is 35.5. The zero-order valence-corrected chi connectivity index (χ0v) is 9.96. The Kier molecular flexibility index (Phi) is 3.69. The summed E-state index contributed by atoms with van der Waals surface area (Å²) in [5.41, 5.74) is 0.655. The third kappa shape index (κ3) is 2.92. The minimum Gasteiger partial charge on any atom is -0.366 e. The summed E-state index contributed by atoms with van der Waals surface area (Å²) >= 11 is 5.71. The molecule has 1 N–H and O–H groups in total. The van der Waals surface area contributed by atoms with Crippen LogP contribution in [0.1, 0.15) is 5.56 Å². The molecule has 18 heavy (non-hydrogen) atoms. The molecule has 2 rings (SSSR count). The van der Waals surface area contributed by atoms with Crippen LogP contribution in [-0.2, 0) is 6.54 Å². The molecule has 0 spiro atoms. The van der Waals surface area contributed by atoms with E-state index in [9.17, 15) is 10.1 Å². The quantitative estimate of drug-likeness (QED) is 0.522. The molecule has 0 saturated heterocycles. The number of anilines is 1. The van der Waals surface area contributed by atoms with Gasteiger partial charge in [-0.25, -0.2) is 9.97 Å². The van der Waals surface area contributed by atoms with Crippen LogP contribution in [0.15, 0.2) is 36.7 Å². The van der Waals surface area contributed by atoms with Gasteiger partial charge in [-0.2, -0.15) is 0 Å². The third-order valence-corrected chi connectivity index (χ3v) is 2.49. The number of rotatable bonds is 4. The van der Waals surface area contributed by atoms with Gasteiger partial charge in [0.05, 0.1) is 4.92 Å². The second kappa shape index (κ2) is 5.42. The molecule has 2 aromatic rings. The van der Waals surface area contributed by atoms with Crippen molar-refractivity contribution in [1.82, 2.24) is 9.97 Å². The van der Waals surface area contributed by atoms with E-state index in [1.807, 2.05) is 0 Å². The summed E-state index contributed by atoms with van der Waals surface area (Å²) in [6.07, 6.45) is 1.32. The van der Waals surface area contributed by atoms with Crippen molar-refractivity contribution < 1.29 is 4.92 Å². The molecule has 0 amide bonds. The lowest BCUT2D eigenvalue weighted by atomic mass is 10.2. The maximum absolute atomic E-state index is 10.8. The summed E-state index contributed by atoms with van der Waals surface area (Å²) in [6, 6.07) is 8.08. The molecule has 1 aromatic heterocycles. The number of para-hydroxylation sites is 1. The summed E-state index contributed by atoms with van der Waals surface area (Å²) in [5.74, 6) is 0.521. The van der Waals surface area contributed by atoms with Crippen molar-refractivity contribution in [2.24, 2.45) is 0 Å². The fraction of sp³-hybridized carbons (Fsp3) is 0.0909. The monoisotopic (exact) mass is 264 g/mol. The number of halogens is 1. The number of nitro groups is 1. The SMILES string of the molecule is O=[N+]([O-])c1ccccc1CNc1cc(Cl)ncn1. The van der Waals surface area contributed by atoms with E-state index in [-0.39, 0.29) is 5.69 Å². The van der Waals surface area contributed by atoms with Crippen LogP contribution < -0.4 is 5.32 Å². The molecule has 0 aliphatic heterocycles. The third-order valence-electron chi connectivity index (χ3n) is 2.28. The smallest absolute Gasteiger partial charge is 0.274 e. The molecule has 1 aromatic carbocycles. The van der Waals surface area contributed by atoms with Crippen molar-refractivity contribution in [3.8, 4) is 0 Å². The molecule has 0 radical (unpaired) electrons. The average molecular weight is 265 g/mol. The van der Waals surface area contributed by atoms with Crippen LogP contribution in [0.2, 0.25) is 5.15 Å². The van der Waals surface area contributed by atoms with Gasteiger partial charge in [-0.1, -0.05) is 29.8 Å². The van der Waals surface area contributed by atoms with E-state index in [1.165, 1.54) is 12.4 Å². The van der Waals surface area contributed by atoms with Crippen molar-refractivity contribution in [2.75, 3.05) is 5.32 Å². The topological polar surface area (TPSA) is 81.0 Å². The Labute approximate surface area is 108 Å². The molecule has 6 nitrogen and oxygen atoms in total. The number of hydrogen-bond acceptors (Lipinski definition) is 5. The lowest BCUT2D eigenvalue weighted by Gasteiger charge is -2.05. The second-order valence-electron chi connectivity index (χ2n) is 3.47. The maximum atomic E-state index is 10.8. The molecule has 0 fully saturated rings. The first-order valence-electron chi connectivity index (χ1n) is 5.10. The minimum atomic E-state index is -0.413. The Morgan fingerprint density at radius 3 is 2.83 bits per heavy atom. The van der Waals surface area contributed by atoms with Crippen LogP contribution in [0.25, 0.3) is 0 Å². The van der Waals surface area contributed by atoms with Gasteiger partial charge in [-0.15, -0.1) is 0 Å². The molecule has 0 atom stereocenters. The fourth-order valence-electron chi connectivity index (χ4n) is 1.45. The summed E-state index contributed by atoms with van der Waals surface area (Å²) in [5, 5.41) is 14.1. The van der Waals surface area contributed by atoms with Crippen LogP contribution >= 0.6 is 11.6 Å². The minimum absolute atomic E-state index is 0.0742. The van der Waals surface area contributed by atoms with Crippen molar-refractivity contribution >= 4 is 23.1 Å². The van der Waals surface area contributed by atoms with Crippen LogP contribution in [0.5, 0.6) is 0 Å². The van der Waals surface area contributed by atoms with Gasteiger partial charge in [0, 0.05) is 24.2 Å². The number of benzene rings is 1. The van der Waals surface area contributed by atoms with Gasteiger partial charge in [0.2, 0.25) is 0 Å². The van der Waals surface area contributed by atoms with Gasteiger partial charge in [0.15, 0.2) is 0 Å². The van der Waals surface area contributed by atoms with Gasteiger partial charge >= 0.3 is 0 Å². The molecular formula is C11H9ClN4O2. The zero-order chi connectivity index (χ0) is 13.0. The number of nitrogens with one attached hydrogen (secondary N) is 1. The molecule has 92 valence electrons. The summed E-state index contributed by atoms with van der Waals surface area (Å²) in [4.78, 5) is 18.1. The van der Waals surface area contributed by atoms with Crippen LogP contribution in [0.3, 0.4) is 0 Å². The van der Waals surface area contributed by atoms with Gasteiger partial charge in [0.1, 0.15) is 17.3 Å². The average Bonchev–Trinajstić information content (AvgIpc) is 2.37. The van der Waals surface area contributed by atoms with Gasteiger partial charge in [0.25, 0.3) is 5.69 Å². The first kappa shape index (κ1) is 12.3. The zero-order valence-electron chi connectivity index (χ0n) is 9.21. The fourth-order valence-corrected chi connectivity index (χ4v) is 1.60. The summed E-state index contributed by atoms with van der Waals surface area (Å²) in [6.45, 7) is 0.296. The van der Waals surface area contributed by atoms with Gasteiger partial charge in [-0.05, 0) is 0 Å². The standard InChI is InChI=1S/C11H9ClN4O2/c12-10-5-11(15-7-14-10)13-6-8-3-1-2-4-9(8)16(17)18/h1-5,7H,6H2,(H,13,14,15). The van der Waals surface area contributed by atoms with Gasteiger partial charge in [-0.3, -0.25) is 10.1 Å². The van der Waals surface area contributed by atoms with Crippen LogP contribution in [-0.4, -0.2) is 14.9 Å². The van der Waals surface area contributed by atoms with E-state index in [1.54, 1.807) is 24.3 Å². The lowest BCUT2D eigenvalue weighted by Crippen LogP contribution is -2.04. The Morgan fingerprint density at radius 2 is 2.11 bits per heavy atom. The van der Waals surface area contributed by atoms with E-state index >= 15 is 0 Å². The summed E-state index contributed by atoms with van der Waals surface area (Å²) in [7, 11) is 0. The van der Waals surface area contributed by atoms with Crippen molar-refractivity contribution in [1.29, 1.82) is 0 Å². The Bertz CT molecular complexity index is 576. The first-order valence-corrected chi connectivity index (χ1v) is 5.48. The predicted molar refractivity (Wildman–Crippen MR) is 67.5 cm³/mol. The van der Waals surface area contributed by atoms with Crippen molar-refractivity contribution in [2.45, 2.75) is 6.54 Å². The molecule has 0 bridgehead atoms. The Balaban J connectivity index is 2.13. The largest absolute Gasteiger partial charge is 0.366 e. The molecule has 0 unspecified atom stereocenters. The highest BCUT2D eigenvalue weighted by Crippen LogP contribution is 2.19. The Hall–Kier alpha value is -2.21.